The van der Waals surface area contributed by atoms with Crippen LogP contribution in [0.15, 0.2) is 23.2 Å². The summed E-state index contributed by atoms with van der Waals surface area (Å²) in [5.74, 6) is -0.201. The second-order valence-electron chi connectivity index (χ2n) is 7.25. The van der Waals surface area contributed by atoms with Gasteiger partial charge in [0.25, 0.3) is 0 Å². The lowest BCUT2D eigenvalue weighted by molar-refractivity contribution is -0.136. The Bertz CT molecular complexity index is 766. The highest BCUT2D eigenvalue weighted by Gasteiger charge is 2.24. The standard InChI is InChI=1S/C20H28F3N5O3/c1-24-20(25-13-15-16(21)3-2-4-17(15)31-19(22)23)28-7-5-26(6-8-28)14-18(29)27-9-11-30-12-10-27/h2-4,19H,5-14H2,1H3,(H,24,25). The van der Waals surface area contributed by atoms with Gasteiger partial charge in [0.1, 0.15) is 11.6 Å². The van der Waals surface area contributed by atoms with Gasteiger partial charge in [0.2, 0.25) is 5.91 Å². The molecule has 2 heterocycles. The van der Waals surface area contributed by atoms with E-state index >= 15 is 0 Å². The number of carbonyl (C=O) groups excluding carboxylic acids is 1. The average molecular weight is 443 g/mol. The number of ether oxygens (including phenoxy) is 2. The van der Waals surface area contributed by atoms with Crippen molar-refractivity contribution in [3.63, 3.8) is 0 Å². The van der Waals surface area contributed by atoms with Crippen LogP contribution in [0.5, 0.6) is 5.75 Å². The van der Waals surface area contributed by atoms with Crippen molar-refractivity contribution in [3.8, 4) is 5.75 Å². The maximum Gasteiger partial charge on any atom is 0.387 e. The largest absolute Gasteiger partial charge is 0.434 e. The van der Waals surface area contributed by atoms with Crippen molar-refractivity contribution in [2.75, 3.05) is 66.1 Å². The smallest absolute Gasteiger partial charge is 0.387 e. The fourth-order valence-corrected chi connectivity index (χ4v) is 3.64. The molecule has 2 saturated heterocycles. The Labute approximate surface area is 179 Å². The third-order valence-corrected chi connectivity index (χ3v) is 5.32. The normalized spacial score (nSPS) is 18.4. The number of carbonyl (C=O) groups is 1. The number of alkyl halides is 2. The molecule has 3 rings (SSSR count). The van der Waals surface area contributed by atoms with E-state index in [1.165, 1.54) is 18.2 Å². The second-order valence-corrected chi connectivity index (χ2v) is 7.25. The molecular formula is C20H28F3N5O3. The van der Waals surface area contributed by atoms with Gasteiger partial charge in [-0.3, -0.25) is 14.7 Å². The van der Waals surface area contributed by atoms with Crippen molar-refractivity contribution in [2.45, 2.75) is 13.2 Å². The predicted molar refractivity (Wildman–Crippen MR) is 109 cm³/mol. The van der Waals surface area contributed by atoms with E-state index in [-0.39, 0.29) is 23.8 Å². The zero-order valence-electron chi connectivity index (χ0n) is 17.5. The van der Waals surface area contributed by atoms with Crippen LogP contribution >= 0.6 is 0 Å². The van der Waals surface area contributed by atoms with E-state index < -0.39 is 12.4 Å². The van der Waals surface area contributed by atoms with Gasteiger partial charge in [-0.05, 0) is 12.1 Å². The SMILES string of the molecule is CN=C(NCc1c(F)cccc1OC(F)F)N1CCN(CC(=O)N2CCOCC2)CC1. The molecular weight excluding hydrogens is 415 g/mol. The molecule has 0 aliphatic carbocycles. The molecule has 0 bridgehead atoms. The monoisotopic (exact) mass is 443 g/mol. The molecule has 0 saturated carbocycles. The fraction of sp³-hybridized carbons (Fsp3) is 0.600. The molecule has 0 spiro atoms. The fourth-order valence-electron chi connectivity index (χ4n) is 3.64. The zero-order chi connectivity index (χ0) is 22.2. The van der Waals surface area contributed by atoms with Gasteiger partial charge in [-0.25, -0.2) is 4.39 Å². The predicted octanol–water partition coefficient (Wildman–Crippen LogP) is 0.979. The number of nitrogens with zero attached hydrogens (tertiary/aromatic N) is 4. The number of aliphatic imine (C=N–C) groups is 1. The van der Waals surface area contributed by atoms with Crippen molar-refractivity contribution in [1.29, 1.82) is 0 Å². The highest BCUT2D eigenvalue weighted by Crippen LogP contribution is 2.23. The van der Waals surface area contributed by atoms with Gasteiger partial charge in [-0.1, -0.05) is 6.07 Å². The Morgan fingerprint density at radius 1 is 1.16 bits per heavy atom. The number of morpholine rings is 1. The van der Waals surface area contributed by atoms with Gasteiger partial charge in [-0.2, -0.15) is 8.78 Å². The minimum absolute atomic E-state index is 0.0127. The lowest BCUT2D eigenvalue weighted by atomic mass is 10.2. The Morgan fingerprint density at radius 2 is 1.87 bits per heavy atom. The minimum atomic E-state index is -3.03. The third kappa shape index (κ3) is 6.47. The van der Waals surface area contributed by atoms with E-state index in [0.717, 1.165) is 0 Å². The molecule has 2 fully saturated rings. The van der Waals surface area contributed by atoms with E-state index in [2.05, 4.69) is 19.9 Å². The molecule has 2 aliphatic heterocycles. The van der Waals surface area contributed by atoms with E-state index in [9.17, 15) is 18.0 Å². The molecule has 0 unspecified atom stereocenters. The summed E-state index contributed by atoms with van der Waals surface area (Å²) in [4.78, 5) is 22.5. The number of halogens is 3. The number of benzene rings is 1. The third-order valence-electron chi connectivity index (χ3n) is 5.32. The maximum atomic E-state index is 14.2. The van der Waals surface area contributed by atoms with Crippen molar-refractivity contribution >= 4 is 11.9 Å². The molecule has 31 heavy (non-hydrogen) atoms. The van der Waals surface area contributed by atoms with Crippen LogP contribution < -0.4 is 10.1 Å². The average Bonchev–Trinajstić information content (AvgIpc) is 2.77. The van der Waals surface area contributed by atoms with Crippen LogP contribution in [-0.2, 0) is 16.1 Å². The summed E-state index contributed by atoms with van der Waals surface area (Å²) in [6.45, 7) is 2.31. The van der Waals surface area contributed by atoms with E-state index in [0.29, 0.717) is 65.0 Å². The van der Waals surface area contributed by atoms with Crippen LogP contribution in [0.25, 0.3) is 0 Å². The summed E-state index contributed by atoms with van der Waals surface area (Å²) in [5.41, 5.74) is 0.0127. The Hall–Kier alpha value is -2.53. The van der Waals surface area contributed by atoms with Gasteiger partial charge in [0, 0.05) is 58.4 Å². The van der Waals surface area contributed by atoms with Gasteiger partial charge in [-0.15, -0.1) is 0 Å². The number of hydrogen-bond donors (Lipinski definition) is 1. The molecule has 1 amide bonds. The lowest BCUT2D eigenvalue weighted by Crippen LogP contribution is -2.54. The Balaban J connectivity index is 1.50. The second kappa shape index (κ2) is 11.2. The minimum Gasteiger partial charge on any atom is -0.434 e. The molecule has 0 aromatic heterocycles. The summed E-state index contributed by atoms with van der Waals surface area (Å²) in [6.07, 6.45) is 0. The van der Waals surface area contributed by atoms with E-state index in [1.54, 1.807) is 7.05 Å². The molecule has 11 heteroatoms. The molecule has 1 N–H and O–H groups in total. The van der Waals surface area contributed by atoms with Crippen LogP contribution in [0.4, 0.5) is 13.2 Å². The molecule has 0 atom stereocenters. The van der Waals surface area contributed by atoms with Crippen LogP contribution in [0.3, 0.4) is 0 Å². The van der Waals surface area contributed by atoms with Gasteiger partial charge >= 0.3 is 6.61 Å². The first-order chi connectivity index (χ1) is 15.0. The summed E-state index contributed by atoms with van der Waals surface area (Å²) >= 11 is 0. The van der Waals surface area contributed by atoms with Crippen molar-refractivity contribution < 1.29 is 27.4 Å². The number of nitrogens with one attached hydrogen (secondary N) is 1. The van der Waals surface area contributed by atoms with Crippen molar-refractivity contribution in [2.24, 2.45) is 4.99 Å². The quantitative estimate of drug-likeness (QED) is 0.522. The van der Waals surface area contributed by atoms with Crippen molar-refractivity contribution in [3.05, 3.63) is 29.6 Å². The topological polar surface area (TPSA) is 69.6 Å². The Morgan fingerprint density at radius 3 is 2.52 bits per heavy atom. The number of piperazine rings is 1. The first-order valence-electron chi connectivity index (χ1n) is 10.2. The first kappa shape index (κ1) is 23.1. The van der Waals surface area contributed by atoms with Crippen molar-refractivity contribution in [1.82, 2.24) is 20.0 Å². The number of hydrogen-bond acceptors (Lipinski definition) is 5. The van der Waals surface area contributed by atoms with Crippen LogP contribution in [0.1, 0.15) is 5.56 Å². The van der Waals surface area contributed by atoms with Crippen LogP contribution in [-0.4, -0.2) is 99.3 Å². The zero-order valence-corrected chi connectivity index (χ0v) is 17.5. The van der Waals surface area contributed by atoms with Gasteiger partial charge in [0.15, 0.2) is 5.96 Å². The first-order valence-corrected chi connectivity index (χ1v) is 10.2. The van der Waals surface area contributed by atoms with Gasteiger partial charge < -0.3 is 24.6 Å². The van der Waals surface area contributed by atoms with E-state index in [4.69, 9.17) is 4.74 Å². The maximum absolute atomic E-state index is 14.2. The summed E-state index contributed by atoms with van der Waals surface area (Å²) in [6, 6.07) is 3.82. The summed E-state index contributed by atoms with van der Waals surface area (Å²) in [7, 11) is 1.61. The van der Waals surface area contributed by atoms with Crippen LogP contribution in [0.2, 0.25) is 0 Å². The van der Waals surface area contributed by atoms with Gasteiger partial charge in [0.05, 0.1) is 19.8 Å². The summed E-state index contributed by atoms with van der Waals surface area (Å²) in [5, 5.41) is 3.02. The number of guanidine groups is 1. The summed E-state index contributed by atoms with van der Waals surface area (Å²) < 4.78 is 49.1. The lowest BCUT2D eigenvalue weighted by Gasteiger charge is -2.37. The molecule has 1 aromatic rings. The molecule has 2 aliphatic rings. The van der Waals surface area contributed by atoms with Crippen LogP contribution in [0, 0.1) is 5.82 Å². The molecule has 8 nitrogen and oxygen atoms in total. The molecule has 172 valence electrons. The number of amides is 1. The highest BCUT2D eigenvalue weighted by molar-refractivity contribution is 5.80. The number of rotatable bonds is 6. The Kier molecular flexibility index (Phi) is 8.35. The highest BCUT2D eigenvalue weighted by atomic mass is 19.3. The molecule has 0 radical (unpaired) electrons. The van der Waals surface area contributed by atoms with E-state index in [1.807, 2.05) is 9.80 Å². The molecule has 1 aromatic carbocycles.